The topological polar surface area (TPSA) is 67.9 Å². The van der Waals surface area contributed by atoms with Crippen LogP contribution in [-0.2, 0) is 37.9 Å². The maximum atomic E-state index is 12.5. The number of hydrogen-bond acceptors (Lipinski definition) is 4. The van der Waals surface area contributed by atoms with Crippen LogP contribution in [0.2, 0.25) is 0 Å². The van der Waals surface area contributed by atoms with Crippen LogP contribution in [0, 0.1) is 0 Å². The minimum absolute atomic E-state index is 0. The number of nitrogens with zero attached hydrogens (tertiary/aromatic N) is 1. The molecule has 0 spiro atoms. The van der Waals surface area contributed by atoms with E-state index in [0.29, 0.717) is 31.1 Å². The first-order chi connectivity index (χ1) is 14.7. The zero-order valence-corrected chi connectivity index (χ0v) is 18.4. The molecule has 0 bridgehead atoms. The fourth-order valence-electron chi connectivity index (χ4n) is 3.11. The van der Waals surface area contributed by atoms with Gasteiger partial charge in [0.1, 0.15) is 11.9 Å². The molecule has 2 amide bonds. The number of methoxy groups -OCH3 is 1. The molecule has 0 radical (unpaired) electrons. The van der Waals surface area contributed by atoms with E-state index in [1.165, 1.54) is 0 Å². The predicted octanol–water partition coefficient (Wildman–Crippen LogP) is 3.57. The summed E-state index contributed by atoms with van der Waals surface area (Å²) in [5.74, 6) is 0.322. The van der Waals surface area contributed by atoms with Crippen LogP contribution in [0.25, 0.3) is 0 Å². The van der Waals surface area contributed by atoms with Crippen molar-refractivity contribution in [1.82, 2.24) is 4.90 Å². The summed E-state index contributed by atoms with van der Waals surface area (Å²) in [6, 6.07) is 24.9. The third-order valence-electron chi connectivity index (χ3n) is 4.67. The largest absolute Gasteiger partial charge is 0.748 e. The number of carbonyl (C=O) groups excluding carboxylic acids is 2. The molecule has 1 fully saturated rings. The monoisotopic (exact) mass is 462 g/mol. The van der Waals surface area contributed by atoms with Gasteiger partial charge in [-0.2, -0.15) is 18.2 Å². The minimum atomic E-state index is -0.734. The van der Waals surface area contributed by atoms with Gasteiger partial charge in [-0.15, -0.1) is 6.54 Å². The molecular formula is C24H26FeN2O4-6. The number of anilines is 1. The first-order valence-electron chi connectivity index (χ1n) is 9.87. The average molecular weight is 462 g/mol. The predicted molar refractivity (Wildman–Crippen MR) is 115 cm³/mol. The van der Waals surface area contributed by atoms with Gasteiger partial charge in [0.2, 0.25) is 11.8 Å². The molecule has 3 aromatic rings. The number of amides is 2. The molecule has 31 heavy (non-hydrogen) atoms. The summed E-state index contributed by atoms with van der Waals surface area (Å²) >= 11 is 0. The Morgan fingerprint density at radius 2 is 1.90 bits per heavy atom. The van der Waals surface area contributed by atoms with Gasteiger partial charge in [-0.3, -0.25) is 9.59 Å². The average Bonchev–Trinajstić information content (AvgIpc) is 3.48. The van der Waals surface area contributed by atoms with Gasteiger partial charge >= 0.3 is 0 Å². The Balaban J connectivity index is 0.000000501. The van der Waals surface area contributed by atoms with E-state index in [1.807, 2.05) is 54.6 Å². The third kappa shape index (κ3) is 7.72. The number of carbonyl (C=O) groups is 2. The van der Waals surface area contributed by atoms with E-state index in [1.54, 1.807) is 36.3 Å². The second-order valence-electron chi connectivity index (χ2n) is 6.86. The van der Waals surface area contributed by atoms with E-state index < -0.39 is 6.10 Å². The molecule has 170 valence electrons. The fraction of sp³-hybridized carbons (Fsp3) is 0.250. The summed E-state index contributed by atoms with van der Waals surface area (Å²) in [6.45, 7) is 1.53. The van der Waals surface area contributed by atoms with E-state index in [4.69, 9.17) is 9.47 Å². The number of hydrogen-bond donors (Lipinski definition) is 1. The van der Waals surface area contributed by atoms with Crippen LogP contribution in [0.4, 0.5) is 5.69 Å². The van der Waals surface area contributed by atoms with Crippen molar-refractivity contribution < 1.29 is 36.1 Å². The Morgan fingerprint density at radius 1 is 1.23 bits per heavy atom. The molecule has 0 aromatic heterocycles. The van der Waals surface area contributed by atoms with Crippen molar-refractivity contribution in [2.24, 2.45) is 0 Å². The van der Waals surface area contributed by atoms with Gasteiger partial charge in [0.15, 0.2) is 0 Å². The van der Waals surface area contributed by atoms with E-state index in [-0.39, 0.29) is 35.3 Å². The third-order valence-corrected chi connectivity index (χ3v) is 4.67. The first kappa shape index (κ1) is 24.4. The van der Waals surface area contributed by atoms with E-state index in [9.17, 15) is 9.59 Å². The molecule has 0 saturated carbocycles. The van der Waals surface area contributed by atoms with E-state index in [2.05, 4.69) is 5.32 Å². The second kappa shape index (κ2) is 12.7. The van der Waals surface area contributed by atoms with Crippen molar-refractivity contribution in [3.05, 3.63) is 84.4 Å². The first-order valence-corrected chi connectivity index (χ1v) is 9.87. The Morgan fingerprint density at radius 3 is 2.48 bits per heavy atom. The fourth-order valence-corrected chi connectivity index (χ4v) is 3.11. The van der Waals surface area contributed by atoms with Gasteiger partial charge in [0.25, 0.3) is 0 Å². The summed E-state index contributed by atoms with van der Waals surface area (Å²) in [4.78, 5) is 26.5. The quantitative estimate of drug-likeness (QED) is 0.450. The molecule has 4 rings (SSSR count). The smallest absolute Gasteiger partial charge is 0.249 e. The molecule has 1 unspecified atom stereocenters. The Kier molecular flexibility index (Phi) is 10.0. The molecule has 3 aromatic carbocycles. The van der Waals surface area contributed by atoms with Crippen molar-refractivity contribution in [1.29, 1.82) is 0 Å². The number of benzene rings is 1. The zero-order chi connectivity index (χ0) is 21.2. The summed E-state index contributed by atoms with van der Waals surface area (Å²) in [5, 5.41) is 2.78. The summed E-state index contributed by atoms with van der Waals surface area (Å²) < 4.78 is 10.6. The van der Waals surface area contributed by atoms with Crippen molar-refractivity contribution in [3.63, 3.8) is 0 Å². The summed E-state index contributed by atoms with van der Waals surface area (Å²) in [5.41, 5.74) is 1.74. The van der Waals surface area contributed by atoms with Gasteiger partial charge in [-0.25, -0.2) is 12.1 Å². The molecule has 6 nitrogen and oxygen atoms in total. The van der Waals surface area contributed by atoms with Gasteiger partial charge < -0.3 is 49.5 Å². The second-order valence-corrected chi connectivity index (χ2v) is 6.86. The molecular weight excluding hydrogens is 436 g/mol. The van der Waals surface area contributed by atoms with Gasteiger partial charge in [0.05, 0.1) is 20.1 Å². The number of morpholine rings is 1. The van der Waals surface area contributed by atoms with Crippen LogP contribution in [0.5, 0.6) is 5.75 Å². The number of rotatable bonds is 6. The normalized spacial score (nSPS) is 15.3. The van der Waals surface area contributed by atoms with E-state index in [0.717, 1.165) is 5.56 Å². The van der Waals surface area contributed by atoms with Crippen molar-refractivity contribution >= 4 is 17.5 Å². The Labute approximate surface area is 193 Å². The molecule has 0 aliphatic carbocycles. The van der Waals surface area contributed by atoms with Crippen LogP contribution in [0.1, 0.15) is 12.0 Å². The van der Waals surface area contributed by atoms with Crippen LogP contribution < -0.4 is 10.1 Å². The number of nitrogens with one attached hydrogen (secondary N) is 1. The van der Waals surface area contributed by atoms with Crippen LogP contribution in [-0.4, -0.2) is 43.1 Å². The number of ether oxygens (including phenoxy) is 2. The Hall–Kier alpha value is -2.86. The van der Waals surface area contributed by atoms with Crippen molar-refractivity contribution in [2.45, 2.75) is 19.1 Å². The summed E-state index contributed by atoms with van der Waals surface area (Å²) in [6.07, 6.45) is -0.732. The molecule has 1 heterocycles. The molecule has 1 aliphatic heterocycles. The van der Waals surface area contributed by atoms with Crippen LogP contribution >= 0.6 is 0 Å². The maximum absolute atomic E-state index is 12.5. The molecule has 1 aliphatic rings. The molecule has 1 atom stereocenters. The molecule has 1 N–H and O–H groups in total. The van der Waals surface area contributed by atoms with Crippen molar-refractivity contribution in [2.75, 3.05) is 25.6 Å². The summed E-state index contributed by atoms with van der Waals surface area (Å²) in [7, 11) is 1.58. The molecule has 1 saturated heterocycles. The van der Waals surface area contributed by atoms with Gasteiger partial charge in [-0.1, -0.05) is 0 Å². The van der Waals surface area contributed by atoms with Crippen LogP contribution in [0.15, 0.2) is 78.9 Å². The van der Waals surface area contributed by atoms with Crippen molar-refractivity contribution in [3.8, 4) is 5.75 Å². The van der Waals surface area contributed by atoms with Gasteiger partial charge in [0, 0.05) is 29.3 Å². The minimum Gasteiger partial charge on any atom is -0.748 e. The standard InChI is InChI=1S/C19H21N2O4.C5H5.Fe/c1-24-16-8-6-15(7-9-16)20-18(22)12-17-19(23)21(10-11-25-17)13-14-4-2-3-5-14;1-2-4-5-3-1;/h2-9,17H,10-13H2,1H3,(H,20,22);1-5H;/q-5;-1;. The van der Waals surface area contributed by atoms with Gasteiger partial charge in [-0.05, 0) is 24.3 Å². The maximum Gasteiger partial charge on any atom is 0.249 e. The van der Waals surface area contributed by atoms with Crippen LogP contribution in [0.3, 0.4) is 0 Å². The van der Waals surface area contributed by atoms with E-state index >= 15 is 0 Å². The SMILES string of the molecule is COc1ccc(NC(=O)CC2OCCN(C[c-]3[cH-][cH-][cH-][cH-]3)C2=O)cc1.[Fe].c1cc[cH-]c1. The Bertz CT molecular complexity index is 875. The zero-order valence-electron chi connectivity index (χ0n) is 17.3. The molecule has 7 heteroatoms.